The minimum Gasteiger partial charge on any atom is -0.310 e. The molecule has 27 heavy (non-hydrogen) atoms. The number of rotatable bonds is 0. The molecule has 4 aromatic carbocycles. The zero-order valence-corrected chi connectivity index (χ0v) is 15.0. The summed E-state index contributed by atoms with van der Waals surface area (Å²) in [6.45, 7) is 2.57. The first-order valence-electron chi connectivity index (χ1n) is 9.59. The van der Waals surface area contributed by atoms with Crippen LogP contribution in [0.25, 0.3) is 38.6 Å². The van der Waals surface area contributed by atoms with E-state index in [1.165, 1.54) is 60.6 Å². The van der Waals surface area contributed by atoms with Gasteiger partial charge in [0.05, 0.1) is 5.52 Å². The summed E-state index contributed by atoms with van der Waals surface area (Å²) in [6, 6.07) is 29.3. The molecule has 2 aliphatic heterocycles. The molecule has 0 aliphatic carbocycles. The maximum absolute atomic E-state index is 2.50. The fraction of sp³-hybridized carbons (Fsp3) is 0.0400. The lowest BCUT2D eigenvalue weighted by Gasteiger charge is -2.25. The van der Waals surface area contributed by atoms with E-state index in [9.17, 15) is 0 Å². The van der Waals surface area contributed by atoms with Crippen LogP contribution in [0.15, 0.2) is 78.9 Å². The normalized spacial score (nSPS) is 13.3. The third-order valence-electron chi connectivity index (χ3n) is 6.43. The lowest BCUT2D eigenvalue weighted by molar-refractivity contribution is 1.19. The van der Waals surface area contributed by atoms with Crippen molar-refractivity contribution in [1.82, 2.24) is 4.57 Å². The standard InChI is InChI=1S/C25H16BN/c1-15-13-19-17-8-3-5-11-22(17)27-23-12-6-9-18-16-7-2-4-10-20(16)26(24(18)23)21(14-15)25(19)27/h2-14H,1H3. The molecule has 7 rings (SSSR count). The largest absolute Gasteiger partial charge is 0.310 e. The molecule has 0 N–H and O–H groups in total. The zero-order chi connectivity index (χ0) is 17.7. The number of aromatic nitrogens is 1. The molecule has 0 bridgehead atoms. The van der Waals surface area contributed by atoms with E-state index in [-0.39, 0.29) is 0 Å². The van der Waals surface area contributed by atoms with Crippen LogP contribution in [-0.4, -0.2) is 11.3 Å². The monoisotopic (exact) mass is 341 g/mol. The van der Waals surface area contributed by atoms with Crippen molar-refractivity contribution in [3.8, 4) is 16.8 Å². The van der Waals surface area contributed by atoms with Gasteiger partial charge in [-0.1, -0.05) is 71.7 Å². The third-order valence-corrected chi connectivity index (χ3v) is 6.43. The summed E-state index contributed by atoms with van der Waals surface area (Å²) < 4.78 is 2.50. The van der Waals surface area contributed by atoms with Crippen LogP contribution in [-0.2, 0) is 0 Å². The Labute approximate surface area is 158 Å². The number of fused-ring (bicyclic) bond motifs is 8. The van der Waals surface area contributed by atoms with Crippen molar-refractivity contribution in [3.05, 3.63) is 84.4 Å². The van der Waals surface area contributed by atoms with Gasteiger partial charge in [0.1, 0.15) is 0 Å². The molecular weight excluding hydrogens is 325 g/mol. The van der Waals surface area contributed by atoms with E-state index < -0.39 is 0 Å². The maximum Gasteiger partial charge on any atom is 0.248 e. The van der Waals surface area contributed by atoms with E-state index in [0.717, 1.165) is 0 Å². The molecule has 2 aliphatic rings. The van der Waals surface area contributed by atoms with Crippen LogP contribution in [0, 0.1) is 6.92 Å². The summed E-state index contributed by atoms with van der Waals surface area (Å²) in [5.41, 5.74) is 12.5. The molecule has 0 fully saturated rings. The van der Waals surface area contributed by atoms with E-state index in [0.29, 0.717) is 6.71 Å². The van der Waals surface area contributed by atoms with Crippen molar-refractivity contribution < 1.29 is 0 Å². The summed E-state index contributed by atoms with van der Waals surface area (Å²) in [4.78, 5) is 0. The van der Waals surface area contributed by atoms with E-state index in [1.807, 2.05) is 0 Å². The van der Waals surface area contributed by atoms with Crippen LogP contribution in [0.3, 0.4) is 0 Å². The highest BCUT2D eigenvalue weighted by molar-refractivity contribution is 7.01. The molecule has 2 heteroatoms. The first kappa shape index (κ1) is 13.9. The average Bonchev–Trinajstić information content (AvgIpc) is 3.21. The van der Waals surface area contributed by atoms with Gasteiger partial charge in [-0.3, -0.25) is 0 Å². The first-order valence-corrected chi connectivity index (χ1v) is 9.59. The molecule has 3 heterocycles. The molecule has 5 aromatic rings. The number of aryl methyl sites for hydroxylation is 1. The van der Waals surface area contributed by atoms with Crippen molar-refractivity contribution in [2.24, 2.45) is 0 Å². The van der Waals surface area contributed by atoms with Crippen LogP contribution >= 0.6 is 0 Å². The molecule has 0 amide bonds. The third kappa shape index (κ3) is 1.50. The van der Waals surface area contributed by atoms with Crippen LogP contribution in [0.1, 0.15) is 5.56 Å². The first-order chi connectivity index (χ1) is 13.3. The Bertz CT molecular complexity index is 1440. The summed E-state index contributed by atoms with van der Waals surface area (Å²) in [5, 5.41) is 2.73. The highest BCUT2D eigenvalue weighted by atomic mass is 15.0. The summed E-state index contributed by atoms with van der Waals surface area (Å²) in [7, 11) is 0. The van der Waals surface area contributed by atoms with Gasteiger partial charge in [0, 0.05) is 22.0 Å². The van der Waals surface area contributed by atoms with Crippen molar-refractivity contribution in [1.29, 1.82) is 0 Å². The Kier molecular flexibility index (Phi) is 2.33. The van der Waals surface area contributed by atoms with Gasteiger partial charge < -0.3 is 4.57 Å². The second kappa shape index (κ2) is 4.53. The van der Waals surface area contributed by atoms with E-state index in [2.05, 4.69) is 90.4 Å². The second-order valence-corrected chi connectivity index (χ2v) is 7.86. The Hall–Kier alpha value is -3.26. The van der Waals surface area contributed by atoms with Crippen LogP contribution < -0.4 is 16.4 Å². The molecule has 0 atom stereocenters. The lowest BCUT2D eigenvalue weighted by atomic mass is 9.37. The van der Waals surface area contributed by atoms with Gasteiger partial charge in [0.15, 0.2) is 0 Å². The van der Waals surface area contributed by atoms with Crippen molar-refractivity contribution >= 4 is 44.9 Å². The highest BCUT2D eigenvalue weighted by Gasteiger charge is 2.40. The Morgan fingerprint density at radius 3 is 2.48 bits per heavy atom. The molecule has 0 unspecified atom stereocenters. The number of benzene rings is 4. The highest BCUT2D eigenvalue weighted by Crippen LogP contribution is 2.37. The molecule has 0 radical (unpaired) electrons. The minimum atomic E-state index is 0.339. The average molecular weight is 341 g/mol. The van der Waals surface area contributed by atoms with E-state index >= 15 is 0 Å². The van der Waals surface area contributed by atoms with Crippen molar-refractivity contribution in [2.75, 3.05) is 0 Å². The molecule has 0 saturated heterocycles. The Balaban J connectivity index is 1.79. The number of hydrogen-bond acceptors (Lipinski definition) is 0. The molecule has 124 valence electrons. The number of para-hydroxylation sites is 1. The fourth-order valence-electron chi connectivity index (χ4n) is 5.51. The van der Waals surface area contributed by atoms with Gasteiger partial charge in [0.25, 0.3) is 0 Å². The summed E-state index contributed by atoms with van der Waals surface area (Å²) in [5.74, 6) is 0. The maximum atomic E-state index is 2.50. The minimum absolute atomic E-state index is 0.339. The van der Waals surface area contributed by atoms with Gasteiger partial charge in [-0.05, 0) is 47.2 Å². The summed E-state index contributed by atoms with van der Waals surface area (Å²) >= 11 is 0. The topological polar surface area (TPSA) is 4.93 Å². The van der Waals surface area contributed by atoms with Crippen LogP contribution in [0.4, 0.5) is 0 Å². The second-order valence-electron chi connectivity index (χ2n) is 7.86. The Morgan fingerprint density at radius 2 is 1.52 bits per heavy atom. The molecule has 1 aromatic heterocycles. The lowest BCUT2D eigenvalue weighted by Crippen LogP contribution is -2.53. The van der Waals surface area contributed by atoms with E-state index in [4.69, 9.17) is 0 Å². The smallest absolute Gasteiger partial charge is 0.248 e. The van der Waals surface area contributed by atoms with Gasteiger partial charge in [-0.15, -0.1) is 0 Å². The van der Waals surface area contributed by atoms with Crippen LogP contribution in [0.5, 0.6) is 0 Å². The molecule has 0 spiro atoms. The SMILES string of the molecule is Cc1cc2c3c(c1)c1ccccc1n3-c1cccc3c1B2c1ccccc1-3. The van der Waals surface area contributed by atoms with Gasteiger partial charge >= 0.3 is 0 Å². The molecular formula is C25H16BN. The molecule has 1 nitrogen and oxygen atoms in total. The Morgan fingerprint density at radius 1 is 0.704 bits per heavy atom. The molecule has 0 saturated carbocycles. The zero-order valence-electron chi connectivity index (χ0n) is 15.0. The van der Waals surface area contributed by atoms with Crippen molar-refractivity contribution in [3.63, 3.8) is 0 Å². The number of nitrogens with zero attached hydrogens (tertiary/aromatic N) is 1. The van der Waals surface area contributed by atoms with Gasteiger partial charge in [-0.25, -0.2) is 0 Å². The quantitative estimate of drug-likeness (QED) is 0.369. The van der Waals surface area contributed by atoms with Crippen molar-refractivity contribution in [2.45, 2.75) is 6.92 Å². The fourth-order valence-corrected chi connectivity index (χ4v) is 5.51. The van der Waals surface area contributed by atoms with Gasteiger partial charge in [-0.2, -0.15) is 0 Å². The van der Waals surface area contributed by atoms with E-state index in [1.54, 1.807) is 0 Å². The predicted molar refractivity (Wildman–Crippen MR) is 116 cm³/mol. The predicted octanol–water partition coefficient (Wildman–Crippen LogP) is 3.90. The van der Waals surface area contributed by atoms with Gasteiger partial charge in [0.2, 0.25) is 6.71 Å². The van der Waals surface area contributed by atoms with Crippen LogP contribution in [0.2, 0.25) is 0 Å². The summed E-state index contributed by atoms with van der Waals surface area (Å²) in [6.07, 6.45) is 0. The number of hydrogen-bond donors (Lipinski definition) is 0.